The predicted molar refractivity (Wildman–Crippen MR) is 93.0 cm³/mol. The van der Waals surface area contributed by atoms with Gasteiger partial charge in [-0.25, -0.2) is 9.59 Å². The summed E-state index contributed by atoms with van der Waals surface area (Å²) in [7, 11) is 0. The van der Waals surface area contributed by atoms with Gasteiger partial charge in [-0.15, -0.1) is 0 Å². The fraction of sp³-hybridized carbons (Fsp3) is 0.300. The van der Waals surface area contributed by atoms with Gasteiger partial charge in [0.15, 0.2) is 0 Å². The summed E-state index contributed by atoms with van der Waals surface area (Å²) in [5.74, 6) is -0.422. The van der Waals surface area contributed by atoms with Gasteiger partial charge in [0.25, 0.3) is 0 Å². The molecule has 2 atom stereocenters. The highest BCUT2D eigenvalue weighted by Crippen LogP contribution is 2.29. The first-order chi connectivity index (χ1) is 13.2. The Hall–Kier alpha value is -2.90. The lowest BCUT2D eigenvalue weighted by molar-refractivity contribution is 0.0470. The minimum Gasteiger partial charge on any atom is -0.459 e. The van der Waals surface area contributed by atoms with Crippen molar-refractivity contribution >= 4 is 11.9 Å². The van der Waals surface area contributed by atoms with E-state index in [1.54, 1.807) is 48.5 Å². The quantitative estimate of drug-likeness (QED) is 0.521. The molecule has 0 aromatic heterocycles. The van der Waals surface area contributed by atoms with E-state index in [4.69, 9.17) is 23.7 Å². The molecule has 0 radical (unpaired) electrons. The molecule has 0 spiro atoms. The topological polar surface area (TPSA) is 86.9 Å². The number of carbonyl (C=O) groups is 2. The minimum absolute atomic E-state index is 0.0204. The third-order valence-corrected chi connectivity index (χ3v) is 4.04. The van der Waals surface area contributed by atoms with Gasteiger partial charge in [0.1, 0.15) is 48.0 Å². The van der Waals surface area contributed by atoms with Crippen LogP contribution in [0.4, 0.5) is 0 Å². The summed E-state index contributed by atoms with van der Waals surface area (Å²) < 4.78 is 26.4. The van der Waals surface area contributed by atoms with E-state index in [2.05, 4.69) is 0 Å². The molecule has 2 aliphatic heterocycles. The molecule has 2 heterocycles. The summed E-state index contributed by atoms with van der Waals surface area (Å²) in [6.45, 7) is 1.62. The van der Waals surface area contributed by atoms with Crippen LogP contribution in [0.15, 0.2) is 48.5 Å². The Labute approximate surface area is 155 Å². The lowest BCUT2D eigenvalue weighted by Crippen LogP contribution is -2.12. The van der Waals surface area contributed by atoms with Crippen molar-refractivity contribution in [3.8, 4) is 11.5 Å². The second kappa shape index (κ2) is 7.77. The van der Waals surface area contributed by atoms with E-state index < -0.39 is 11.9 Å². The Balaban J connectivity index is 1.50. The van der Waals surface area contributed by atoms with E-state index >= 15 is 0 Å². The van der Waals surface area contributed by atoms with Gasteiger partial charge in [-0.1, -0.05) is 24.3 Å². The van der Waals surface area contributed by atoms with Crippen LogP contribution < -0.4 is 4.74 Å². The fourth-order valence-electron chi connectivity index (χ4n) is 2.39. The van der Waals surface area contributed by atoms with Crippen LogP contribution in [0.25, 0.3) is 0 Å². The average molecular weight is 370 g/mol. The molecule has 2 aromatic rings. The third kappa shape index (κ3) is 4.64. The molecule has 0 bridgehead atoms. The van der Waals surface area contributed by atoms with Crippen molar-refractivity contribution in [2.24, 2.45) is 0 Å². The van der Waals surface area contributed by atoms with Crippen LogP contribution in [-0.2, 0) is 18.9 Å². The van der Waals surface area contributed by atoms with Crippen molar-refractivity contribution in [3.05, 3.63) is 59.7 Å². The van der Waals surface area contributed by atoms with Gasteiger partial charge in [0, 0.05) is 0 Å². The highest BCUT2D eigenvalue weighted by molar-refractivity contribution is 5.94. The van der Waals surface area contributed by atoms with Crippen LogP contribution >= 0.6 is 0 Å². The molecule has 4 rings (SSSR count). The van der Waals surface area contributed by atoms with Crippen LogP contribution in [0.2, 0.25) is 0 Å². The summed E-state index contributed by atoms with van der Waals surface area (Å²) in [4.78, 5) is 24.7. The first-order valence-electron chi connectivity index (χ1n) is 8.64. The maximum Gasteiger partial charge on any atom is 0.342 e. The molecule has 27 heavy (non-hydrogen) atoms. The average Bonchev–Trinajstić information content (AvgIpc) is 3.60. The normalized spacial score (nSPS) is 19.9. The van der Waals surface area contributed by atoms with Crippen LogP contribution in [0.3, 0.4) is 0 Å². The number of para-hydroxylation sites is 2. The molecule has 2 aromatic carbocycles. The Morgan fingerprint density at radius 1 is 0.778 bits per heavy atom. The summed E-state index contributed by atoms with van der Waals surface area (Å²) in [5.41, 5.74) is 0.542. The molecule has 2 unspecified atom stereocenters. The number of ether oxygens (including phenoxy) is 5. The van der Waals surface area contributed by atoms with Gasteiger partial charge < -0.3 is 23.7 Å². The molecular formula is C20H18O7. The molecule has 0 saturated carbocycles. The molecule has 2 saturated heterocycles. The minimum atomic E-state index is -0.507. The maximum absolute atomic E-state index is 12.3. The zero-order valence-electron chi connectivity index (χ0n) is 14.5. The summed E-state index contributed by atoms with van der Waals surface area (Å²) in [6.07, 6.45) is -0.0408. The third-order valence-electron chi connectivity index (χ3n) is 4.04. The number of rotatable bonds is 8. The van der Waals surface area contributed by atoms with E-state index in [0.717, 1.165) is 0 Å². The molecule has 0 aliphatic carbocycles. The van der Waals surface area contributed by atoms with E-state index in [1.165, 1.54) is 0 Å². The molecular weight excluding hydrogens is 352 g/mol. The lowest BCUT2D eigenvalue weighted by atomic mass is 10.2. The molecule has 0 amide bonds. The number of hydrogen-bond donors (Lipinski definition) is 0. The molecule has 7 nitrogen and oxygen atoms in total. The summed E-state index contributed by atoms with van der Waals surface area (Å²) >= 11 is 0. The van der Waals surface area contributed by atoms with Crippen molar-refractivity contribution in [2.75, 3.05) is 26.4 Å². The zero-order chi connectivity index (χ0) is 18.6. The van der Waals surface area contributed by atoms with Crippen molar-refractivity contribution < 1.29 is 33.3 Å². The molecule has 2 aliphatic rings. The number of esters is 2. The fourth-order valence-corrected chi connectivity index (χ4v) is 2.39. The van der Waals surface area contributed by atoms with Gasteiger partial charge in [0.2, 0.25) is 0 Å². The van der Waals surface area contributed by atoms with Gasteiger partial charge in [-0.05, 0) is 24.3 Å². The van der Waals surface area contributed by atoms with Crippen LogP contribution in [0.1, 0.15) is 20.7 Å². The maximum atomic E-state index is 12.3. The van der Waals surface area contributed by atoms with Gasteiger partial charge in [-0.2, -0.15) is 0 Å². The number of benzene rings is 2. The predicted octanol–water partition coefficient (Wildman–Crippen LogP) is 2.59. The summed E-state index contributed by atoms with van der Waals surface area (Å²) in [6, 6.07) is 13.4. The second-order valence-electron chi connectivity index (χ2n) is 6.20. The van der Waals surface area contributed by atoms with E-state index in [9.17, 15) is 9.59 Å². The van der Waals surface area contributed by atoms with Crippen molar-refractivity contribution in [1.29, 1.82) is 0 Å². The molecule has 140 valence electrons. The highest BCUT2D eigenvalue weighted by Gasteiger charge is 2.27. The van der Waals surface area contributed by atoms with Gasteiger partial charge in [-0.3, -0.25) is 0 Å². The van der Waals surface area contributed by atoms with Gasteiger partial charge >= 0.3 is 11.9 Å². The molecule has 0 N–H and O–H groups in total. The Morgan fingerprint density at radius 3 is 1.59 bits per heavy atom. The van der Waals surface area contributed by atoms with E-state index in [-0.39, 0.29) is 36.5 Å². The first-order valence-corrected chi connectivity index (χ1v) is 8.64. The standard InChI is InChI=1S/C20H18O7/c21-19(25-11-13-9-23-13)15-5-1-3-7-17(15)27-18-8-4-2-6-16(18)20(22)26-12-14-10-24-14/h1-8,13-14H,9-12H2. The number of hydrogen-bond acceptors (Lipinski definition) is 7. The monoisotopic (exact) mass is 370 g/mol. The Bertz CT molecular complexity index is 770. The van der Waals surface area contributed by atoms with Crippen LogP contribution in [0, 0.1) is 0 Å². The number of epoxide rings is 2. The van der Waals surface area contributed by atoms with E-state index in [0.29, 0.717) is 24.7 Å². The van der Waals surface area contributed by atoms with Crippen LogP contribution in [0.5, 0.6) is 11.5 Å². The van der Waals surface area contributed by atoms with Crippen molar-refractivity contribution in [3.63, 3.8) is 0 Å². The zero-order valence-corrected chi connectivity index (χ0v) is 14.5. The molecule has 2 fully saturated rings. The van der Waals surface area contributed by atoms with Crippen molar-refractivity contribution in [2.45, 2.75) is 12.2 Å². The van der Waals surface area contributed by atoms with E-state index in [1.807, 2.05) is 0 Å². The highest BCUT2D eigenvalue weighted by atomic mass is 16.6. The SMILES string of the molecule is O=C(OCC1CO1)c1ccccc1Oc1ccccc1C(=O)OCC1CO1. The Kier molecular flexibility index (Phi) is 5.04. The van der Waals surface area contributed by atoms with Crippen molar-refractivity contribution in [1.82, 2.24) is 0 Å². The first kappa shape index (κ1) is 17.5. The smallest absolute Gasteiger partial charge is 0.342 e. The Morgan fingerprint density at radius 2 is 1.19 bits per heavy atom. The lowest BCUT2D eigenvalue weighted by Gasteiger charge is -2.13. The largest absolute Gasteiger partial charge is 0.459 e. The van der Waals surface area contributed by atoms with Crippen LogP contribution in [-0.4, -0.2) is 50.6 Å². The second-order valence-corrected chi connectivity index (χ2v) is 6.20. The molecule has 7 heteroatoms. The summed E-state index contributed by atoms with van der Waals surface area (Å²) in [5, 5.41) is 0. The number of carbonyl (C=O) groups excluding carboxylic acids is 2. The van der Waals surface area contributed by atoms with Gasteiger partial charge in [0.05, 0.1) is 13.2 Å².